The van der Waals surface area contributed by atoms with Gasteiger partial charge in [-0.05, 0) is 43.4 Å². The van der Waals surface area contributed by atoms with E-state index < -0.39 is 0 Å². The first kappa shape index (κ1) is 20.5. The van der Waals surface area contributed by atoms with Crippen LogP contribution in [0.3, 0.4) is 0 Å². The molecule has 2 saturated heterocycles. The Balaban J connectivity index is 1.32. The summed E-state index contributed by atoms with van der Waals surface area (Å²) in [7, 11) is 1.70. The molecule has 0 N–H and O–H groups in total. The molecule has 2 aliphatic heterocycles. The van der Waals surface area contributed by atoms with E-state index in [0.29, 0.717) is 11.7 Å². The number of rotatable bonds is 5. The monoisotopic (exact) mass is 432 g/mol. The molecule has 2 aromatic rings. The Morgan fingerprint density at radius 1 is 1.17 bits per heavy atom. The second-order valence-corrected chi connectivity index (χ2v) is 9.38. The Kier molecular flexibility index (Phi) is 6.62. The summed E-state index contributed by atoms with van der Waals surface area (Å²) in [4.78, 5) is 24.3. The molecule has 0 unspecified atom stereocenters. The number of carbonyl (C=O) groups excluding carboxylic acids is 1. The number of benzene rings is 1. The summed E-state index contributed by atoms with van der Waals surface area (Å²) in [5, 5.41) is 1.89. The van der Waals surface area contributed by atoms with Gasteiger partial charge in [-0.15, -0.1) is 11.3 Å². The van der Waals surface area contributed by atoms with Crippen molar-refractivity contribution in [1.82, 2.24) is 14.8 Å². The number of piperazine rings is 1. The van der Waals surface area contributed by atoms with Crippen molar-refractivity contribution in [3.05, 3.63) is 35.3 Å². The normalized spacial score (nSPS) is 20.7. The summed E-state index contributed by atoms with van der Waals surface area (Å²) < 4.78 is 6.21. The lowest BCUT2D eigenvalue weighted by molar-refractivity contribution is 0.0558. The van der Waals surface area contributed by atoms with E-state index in [2.05, 4.69) is 26.9 Å². The minimum Gasteiger partial charge on any atom is -0.497 e. The number of methoxy groups -OCH3 is 1. The summed E-state index contributed by atoms with van der Waals surface area (Å²) >= 11 is 3.15. The van der Waals surface area contributed by atoms with Gasteiger partial charge in [-0.3, -0.25) is 9.69 Å². The van der Waals surface area contributed by atoms with Crippen LogP contribution in [0.1, 0.15) is 23.3 Å². The van der Waals surface area contributed by atoms with Crippen molar-refractivity contribution in [3.63, 3.8) is 0 Å². The Bertz CT molecular complexity index is 818. The van der Waals surface area contributed by atoms with Crippen LogP contribution in [0.4, 0.5) is 5.69 Å². The van der Waals surface area contributed by atoms with Gasteiger partial charge in [-0.2, -0.15) is 0 Å². The van der Waals surface area contributed by atoms with Gasteiger partial charge < -0.3 is 14.5 Å². The van der Waals surface area contributed by atoms with Gasteiger partial charge in [0.15, 0.2) is 0 Å². The molecule has 29 heavy (non-hydrogen) atoms. The number of aromatic nitrogens is 1. The van der Waals surface area contributed by atoms with Crippen LogP contribution >= 0.6 is 23.1 Å². The molecule has 8 heteroatoms. The molecule has 0 aliphatic carbocycles. The Morgan fingerprint density at radius 2 is 1.93 bits per heavy atom. The number of likely N-dealkylation sites (tertiary alicyclic amines) is 1. The van der Waals surface area contributed by atoms with Crippen molar-refractivity contribution < 1.29 is 9.53 Å². The molecule has 0 spiro atoms. The summed E-state index contributed by atoms with van der Waals surface area (Å²) in [6.45, 7) is 5.75. The summed E-state index contributed by atoms with van der Waals surface area (Å²) in [5.74, 6) is 0.979. The SMILES string of the molecule is COc1ccc(N2CCN([C@H]3CCCN(C(=O)c4csc(SC)n4)C3)CC2)cc1. The van der Waals surface area contributed by atoms with E-state index in [4.69, 9.17) is 4.74 Å². The standard InChI is InChI=1S/C21H28N4O2S2/c1-27-18-7-5-16(6-8-18)23-10-12-24(13-11-23)17-4-3-9-25(14-17)20(26)19-15-29-21(22-19)28-2/h5-8,15,17H,3-4,9-14H2,1-2H3/t17-/m0/s1. The first-order valence-corrected chi connectivity index (χ1v) is 12.2. The molecule has 1 aromatic carbocycles. The zero-order valence-electron chi connectivity index (χ0n) is 17.0. The molecule has 2 fully saturated rings. The number of carbonyl (C=O) groups is 1. The van der Waals surface area contributed by atoms with E-state index in [1.165, 1.54) is 12.1 Å². The molecule has 6 nitrogen and oxygen atoms in total. The van der Waals surface area contributed by atoms with E-state index in [1.54, 1.807) is 30.2 Å². The lowest BCUT2D eigenvalue weighted by Gasteiger charge is -2.43. The molecular weight excluding hydrogens is 404 g/mol. The number of hydrogen-bond acceptors (Lipinski definition) is 7. The number of hydrogen-bond donors (Lipinski definition) is 0. The maximum atomic E-state index is 12.9. The lowest BCUT2D eigenvalue weighted by atomic mass is 10.0. The number of nitrogens with zero attached hydrogens (tertiary/aromatic N) is 4. The highest BCUT2D eigenvalue weighted by Gasteiger charge is 2.31. The third-order valence-corrected chi connectivity index (χ3v) is 7.69. The van der Waals surface area contributed by atoms with Crippen LogP contribution in [0.2, 0.25) is 0 Å². The first-order chi connectivity index (χ1) is 14.2. The summed E-state index contributed by atoms with van der Waals surface area (Å²) in [6.07, 6.45) is 4.23. The van der Waals surface area contributed by atoms with Gasteiger partial charge >= 0.3 is 0 Å². The van der Waals surface area contributed by atoms with Gasteiger partial charge in [-0.25, -0.2) is 4.98 Å². The number of ether oxygens (including phenoxy) is 1. The third kappa shape index (κ3) is 4.70. The molecule has 0 radical (unpaired) electrons. The number of anilines is 1. The molecular formula is C21H28N4O2S2. The topological polar surface area (TPSA) is 48.9 Å². The Morgan fingerprint density at radius 3 is 2.59 bits per heavy atom. The quantitative estimate of drug-likeness (QED) is 0.676. The molecule has 3 heterocycles. The van der Waals surface area contributed by atoms with Crippen molar-refractivity contribution in [3.8, 4) is 5.75 Å². The largest absolute Gasteiger partial charge is 0.497 e. The Hall–Kier alpha value is -1.77. The maximum absolute atomic E-state index is 12.9. The Labute approximate surface area is 180 Å². The van der Waals surface area contributed by atoms with Crippen LogP contribution < -0.4 is 9.64 Å². The van der Waals surface area contributed by atoms with Crippen LogP contribution in [0, 0.1) is 0 Å². The minimum atomic E-state index is 0.0862. The molecule has 0 bridgehead atoms. The van der Waals surface area contributed by atoms with Crippen LogP contribution in [0.25, 0.3) is 0 Å². The zero-order chi connectivity index (χ0) is 20.2. The van der Waals surface area contributed by atoms with Gasteiger partial charge in [0.25, 0.3) is 5.91 Å². The van der Waals surface area contributed by atoms with E-state index in [1.807, 2.05) is 28.7 Å². The predicted octanol–water partition coefficient (Wildman–Crippen LogP) is 3.30. The van der Waals surface area contributed by atoms with Gasteiger partial charge in [0.1, 0.15) is 15.8 Å². The van der Waals surface area contributed by atoms with Gasteiger partial charge in [-0.1, -0.05) is 11.8 Å². The van der Waals surface area contributed by atoms with E-state index in [0.717, 1.165) is 55.8 Å². The average Bonchev–Trinajstić information content (AvgIpc) is 3.28. The van der Waals surface area contributed by atoms with Gasteiger partial charge in [0.05, 0.1) is 7.11 Å². The van der Waals surface area contributed by atoms with Crippen molar-refractivity contribution in [2.24, 2.45) is 0 Å². The summed E-state index contributed by atoms with van der Waals surface area (Å²) in [5.41, 5.74) is 1.85. The highest BCUT2D eigenvalue weighted by Crippen LogP contribution is 2.25. The fraction of sp³-hybridized carbons (Fsp3) is 0.524. The molecule has 2 aliphatic rings. The second kappa shape index (κ2) is 9.36. The maximum Gasteiger partial charge on any atom is 0.273 e. The molecule has 156 valence electrons. The fourth-order valence-corrected chi connectivity index (χ4v) is 5.42. The fourth-order valence-electron chi connectivity index (χ4n) is 4.19. The van der Waals surface area contributed by atoms with E-state index >= 15 is 0 Å². The molecule has 1 atom stereocenters. The smallest absolute Gasteiger partial charge is 0.273 e. The highest BCUT2D eigenvalue weighted by molar-refractivity contribution is 8.00. The van der Waals surface area contributed by atoms with E-state index in [9.17, 15) is 4.79 Å². The average molecular weight is 433 g/mol. The minimum absolute atomic E-state index is 0.0862. The number of thioether (sulfide) groups is 1. The van der Waals surface area contributed by atoms with Crippen LogP contribution in [0.5, 0.6) is 5.75 Å². The number of piperidine rings is 1. The van der Waals surface area contributed by atoms with Crippen LogP contribution in [-0.4, -0.2) is 79.4 Å². The lowest BCUT2D eigenvalue weighted by Crippen LogP contribution is -2.55. The van der Waals surface area contributed by atoms with Gasteiger partial charge in [0.2, 0.25) is 0 Å². The predicted molar refractivity (Wildman–Crippen MR) is 120 cm³/mol. The molecule has 1 aromatic heterocycles. The number of thiazole rings is 1. The first-order valence-electron chi connectivity index (χ1n) is 10.1. The number of amides is 1. The van der Waals surface area contributed by atoms with Crippen LogP contribution in [0.15, 0.2) is 34.0 Å². The van der Waals surface area contributed by atoms with Crippen molar-refractivity contribution in [1.29, 1.82) is 0 Å². The zero-order valence-corrected chi connectivity index (χ0v) is 18.7. The van der Waals surface area contributed by atoms with Crippen molar-refractivity contribution >= 4 is 34.7 Å². The molecule has 4 rings (SSSR count). The second-order valence-electron chi connectivity index (χ2n) is 7.47. The van der Waals surface area contributed by atoms with E-state index in [-0.39, 0.29) is 5.91 Å². The highest BCUT2D eigenvalue weighted by atomic mass is 32.2. The summed E-state index contributed by atoms with van der Waals surface area (Å²) in [6, 6.07) is 8.75. The molecule has 1 amide bonds. The van der Waals surface area contributed by atoms with Crippen molar-refractivity contribution in [2.75, 3.05) is 57.5 Å². The third-order valence-electron chi connectivity index (χ3n) is 5.83. The van der Waals surface area contributed by atoms with Crippen molar-refractivity contribution in [2.45, 2.75) is 23.2 Å². The molecule has 0 saturated carbocycles. The van der Waals surface area contributed by atoms with Gasteiger partial charge in [0, 0.05) is 56.4 Å². The van der Waals surface area contributed by atoms with Crippen LogP contribution in [-0.2, 0) is 0 Å².